The van der Waals surface area contributed by atoms with Crippen molar-refractivity contribution in [3.05, 3.63) is 29.6 Å². The second-order valence-electron chi connectivity index (χ2n) is 6.17. The van der Waals surface area contributed by atoms with E-state index < -0.39 is 33.7 Å². The minimum atomic E-state index is -3.62. The molecule has 0 N–H and O–H groups in total. The van der Waals surface area contributed by atoms with E-state index in [-0.39, 0.29) is 13.2 Å². The van der Waals surface area contributed by atoms with Crippen molar-refractivity contribution in [2.75, 3.05) is 50.7 Å². The highest BCUT2D eigenvalue weighted by Crippen LogP contribution is 2.34. The summed E-state index contributed by atoms with van der Waals surface area (Å²) in [6.45, 7) is 2.16. The first kappa shape index (κ1) is 18.1. The molecule has 2 saturated heterocycles. The van der Waals surface area contributed by atoms with Crippen LogP contribution in [-0.4, -0.2) is 60.2 Å². The molecule has 9 heteroatoms. The van der Waals surface area contributed by atoms with Crippen molar-refractivity contribution in [2.45, 2.75) is 5.92 Å². The van der Waals surface area contributed by atoms with Crippen LogP contribution in [0.5, 0.6) is 0 Å². The Bertz CT molecular complexity index is 747. The number of benzene rings is 1. The molecule has 0 spiro atoms. The van der Waals surface area contributed by atoms with Crippen LogP contribution in [0.3, 0.4) is 0 Å². The molecule has 2 unspecified atom stereocenters. The third kappa shape index (κ3) is 4.28. The van der Waals surface area contributed by atoms with Gasteiger partial charge >= 0.3 is 5.97 Å². The van der Waals surface area contributed by atoms with Gasteiger partial charge in [-0.2, -0.15) is 8.42 Å². The SMILES string of the molecule is CS(=O)(=O)OCC1COC(=O)C1c1ccc(N2CCOCC2)c(F)c1. The van der Waals surface area contributed by atoms with Gasteiger partial charge in [0.1, 0.15) is 5.82 Å². The molecule has 2 aliphatic rings. The summed E-state index contributed by atoms with van der Waals surface area (Å²) in [5.41, 5.74) is 0.918. The monoisotopic (exact) mass is 373 g/mol. The summed E-state index contributed by atoms with van der Waals surface area (Å²) in [5.74, 6) is -2.15. The van der Waals surface area contributed by atoms with Crippen LogP contribution in [0.15, 0.2) is 18.2 Å². The van der Waals surface area contributed by atoms with Crippen molar-refractivity contribution < 1.29 is 31.3 Å². The van der Waals surface area contributed by atoms with Crippen LogP contribution in [-0.2, 0) is 28.6 Å². The maximum Gasteiger partial charge on any atom is 0.313 e. The lowest BCUT2D eigenvalue weighted by Crippen LogP contribution is -2.36. The number of rotatable bonds is 5. The average Bonchev–Trinajstić information content (AvgIpc) is 2.94. The first-order valence-electron chi connectivity index (χ1n) is 7.98. The van der Waals surface area contributed by atoms with Gasteiger partial charge in [0.2, 0.25) is 0 Å². The zero-order chi connectivity index (χ0) is 18.0. The Labute approximate surface area is 145 Å². The lowest BCUT2D eigenvalue weighted by Gasteiger charge is -2.29. The molecule has 2 heterocycles. The van der Waals surface area contributed by atoms with Gasteiger partial charge in [0.05, 0.1) is 44.3 Å². The molecule has 1 aromatic rings. The Kier molecular flexibility index (Phi) is 5.26. The molecule has 3 rings (SSSR count). The number of esters is 1. The number of carbonyl (C=O) groups is 1. The third-order valence-electron chi connectivity index (χ3n) is 4.34. The van der Waals surface area contributed by atoms with Crippen LogP contribution in [0.4, 0.5) is 10.1 Å². The summed E-state index contributed by atoms with van der Waals surface area (Å²) in [4.78, 5) is 13.9. The lowest BCUT2D eigenvalue weighted by molar-refractivity contribution is -0.139. The van der Waals surface area contributed by atoms with Crippen LogP contribution in [0.2, 0.25) is 0 Å². The third-order valence-corrected chi connectivity index (χ3v) is 4.91. The molecule has 25 heavy (non-hydrogen) atoms. The smallest absolute Gasteiger partial charge is 0.313 e. The Morgan fingerprint density at radius 2 is 2.04 bits per heavy atom. The van der Waals surface area contributed by atoms with Crippen molar-refractivity contribution in [1.82, 2.24) is 0 Å². The van der Waals surface area contributed by atoms with Gasteiger partial charge in [-0.1, -0.05) is 6.07 Å². The zero-order valence-corrected chi connectivity index (χ0v) is 14.6. The Morgan fingerprint density at radius 3 is 2.68 bits per heavy atom. The number of cyclic esters (lactones) is 1. The lowest BCUT2D eigenvalue weighted by atomic mass is 9.88. The molecule has 138 valence electrons. The molecular formula is C16H20FNO6S. The van der Waals surface area contributed by atoms with Crippen LogP contribution < -0.4 is 4.90 Å². The normalized spacial score (nSPS) is 24.4. The molecular weight excluding hydrogens is 353 g/mol. The van der Waals surface area contributed by atoms with E-state index in [9.17, 15) is 17.6 Å². The van der Waals surface area contributed by atoms with E-state index >= 15 is 0 Å². The predicted molar refractivity (Wildman–Crippen MR) is 87.4 cm³/mol. The average molecular weight is 373 g/mol. The summed E-state index contributed by atoms with van der Waals surface area (Å²) >= 11 is 0. The molecule has 2 fully saturated rings. The van der Waals surface area contributed by atoms with Crippen LogP contribution in [0.1, 0.15) is 11.5 Å². The van der Waals surface area contributed by atoms with Gasteiger partial charge < -0.3 is 14.4 Å². The van der Waals surface area contributed by atoms with Crippen molar-refractivity contribution in [3.8, 4) is 0 Å². The molecule has 7 nitrogen and oxygen atoms in total. The molecule has 0 aromatic heterocycles. The second kappa shape index (κ2) is 7.27. The summed E-state index contributed by atoms with van der Waals surface area (Å²) in [5, 5.41) is 0. The van der Waals surface area contributed by atoms with Crippen LogP contribution >= 0.6 is 0 Å². The van der Waals surface area contributed by atoms with Gasteiger partial charge in [-0.15, -0.1) is 0 Å². The topological polar surface area (TPSA) is 82.1 Å². The Hall–Kier alpha value is -1.71. The Morgan fingerprint density at radius 1 is 1.32 bits per heavy atom. The highest BCUT2D eigenvalue weighted by molar-refractivity contribution is 7.85. The summed E-state index contributed by atoms with van der Waals surface area (Å²) in [6, 6.07) is 4.63. The van der Waals surface area contributed by atoms with Crippen molar-refractivity contribution >= 4 is 21.8 Å². The zero-order valence-electron chi connectivity index (χ0n) is 13.8. The first-order valence-corrected chi connectivity index (χ1v) is 9.80. The highest BCUT2D eigenvalue weighted by Gasteiger charge is 2.39. The number of halogens is 1. The van der Waals surface area contributed by atoms with E-state index in [4.69, 9.17) is 13.7 Å². The van der Waals surface area contributed by atoms with E-state index in [1.165, 1.54) is 6.07 Å². The quantitative estimate of drug-likeness (QED) is 0.560. The van der Waals surface area contributed by atoms with E-state index in [2.05, 4.69) is 0 Å². The van der Waals surface area contributed by atoms with Gasteiger partial charge in [-0.05, 0) is 17.7 Å². The number of ether oxygens (including phenoxy) is 2. The number of nitrogens with zero attached hydrogens (tertiary/aromatic N) is 1. The van der Waals surface area contributed by atoms with E-state index in [0.29, 0.717) is 37.6 Å². The fourth-order valence-electron chi connectivity index (χ4n) is 3.11. The number of morpholine rings is 1. The predicted octanol–water partition coefficient (Wildman–Crippen LogP) is 0.895. The minimum Gasteiger partial charge on any atom is -0.465 e. The van der Waals surface area contributed by atoms with Gasteiger partial charge in [0.15, 0.2) is 0 Å². The summed E-state index contributed by atoms with van der Waals surface area (Å²) < 4.78 is 51.9. The minimum absolute atomic E-state index is 0.0475. The standard InChI is InChI=1S/C16H20FNO6S/c1-25(20,21)24-10-12-9-23-16(19)15(12)11-2-3-14(13(17)8-11)18-4-6-22-7-5-18/h2-3,8,12,15H,4-7,9-10H2,1H3. The van der Waals surface area contributed by atoms with Gasteiger partial charge in [0, 0.05) is 19.0 Å². The number of anilines is 1. The fourth-order valence-corrected chi connectivity index (χ4v) is 3.53. The maximum atomic E-state index is 14.6. The molecule has 0 aliphatic carbocycles. The molecule has 0 bridgehead atoms. The molecule has 2 atom stereocenters. The second-order valence-corrected chi connectivity index (χ2v) is 7.81. The summed E-state index contributed by atoms with van der Waals surface area (Å²) in [7, 11) is -3.62. The van der Waals surface area contributed by atoms with Crippen molar-refractivity contribution in [2.24, 2.45) is 5.92 Å². The van der Waals surface area contributed by atoms with Gasteiger partial charge in [-0.3, -0.25) is 8.98 Å². The molecule has 0 saturated carbocycles. The molecule has 0 amide bonds. The van der Waals surface area contributed by atoms with Crippen molar-refractivity contribution in [3.63, 3.8) is 0 Å². The van der Waals surface area contributed by atoms with Crippen LogP contribution in [0, 0.1) is 11.7 Å². The largest absolute Gasteiger partial charge is 0.465 e. The van der Waals surface area contributed by atoms with E-state index in [1.54, 1.807) is 12.1 Å². The molecule has 0 radical (unpaired) electrons. The summed E-state index contributed by atoms with van der Waals surface area (Å²) in [6.07, 6.45) is 0.941. The number of hydrogen-bond acceptors (Lipinski definition) is 7. The number of carbonyl (C=O) groups excluding carboxylic acids is 1. The van der Waals surface area contributed by atoms with E-state index in [1.807, 2.05) is 4.90 Å². The Balaban J connectivity index is 1.79. The van der Waals surface area contributed by atoms with Crippen molar-refractivity contribution in [1.29, 1.82) is 0 Å². The highest BCUT2D eigenvalue weighted by atomic mass is 32.2. The molecule has 2 aliphatic heterocycles. The van der Waals surface area contributed by atoms with Crippen LogP contribution in [0.25, 0.3) is 0 Å². The van der Waals surface area contributed by atoms with Gasteiger partial charge in [0.25, 0.3) is 10.1 Å². The maximum absolute atomic E-state index is 14.6. The number of hydrogen-bond donors (Lipinski definition) is 0. The van der Waals surface area contributed by atoms with Gasteiger partial charge in [-0.25, -0.2) is 4.39 Å². The van der Waals surface area contributed by atoms with E-state index in [0.717, 1.165) is 6.26 Å². The molecule has 1 aromatic carbocycles. The fraction of sp³-hybridized carbons (Fsp3) is 0.562. The first-order chi connectivity index (χ1) is 11.8.